The highest BCUT2D eigenvalue weighted by molar-refractivity contribution is 7.16. The first-order valence-corrected chi connectivity index (χ1v) is 4.94. The van der Waals surface area contributed by atoms with Crippen molar-refractivity contribution in [2.45, 2.75) is 6.42 Å². The molecule has 1 aromatic heterocycles. The summed E-state index contributed by atoms with van der Waals surface area (Å²) in [4.78, 5) is 4.06. The number of aromatic hydroxyl groups is 1. The molecule has 1 aromatic carbocycles. The lowest BCUT2D eigenvalue weighted by molar-refractivity contribution is 0.480. The van der Waals surface area contributed by atoms with E-state index in [2.05, 4.69) is 4.98 Å². The van der Waals surface area contributed by atoms with Crippen LogP contribution in [0.2, 0.25) is 0 Å². The number of benzene rings is 1. The highest BCUT2D eigenvalue weighted by Crippen LogP contribution is 2.28. The van der Waals surface area contributed by atoms with Crippen molar-refractivity contribution in [3.8, 4) is 5.75 Å². The summed E-state index contributed by atoms with van der Waals surface area (Å²) in [7, 11) is 0. The third-order valence-corrected chi connectivity index (χ3v) is 2.69. The van der Waals surface area contributed by atoms with Gasteiger partial charge in [0.05, 0.1) is 10.2 Å². The average molecular weight is 194 g/mol. The van der Waals surface area contributed by atoms with Gasteiger partial charge in [0.1, 0.15) is 11.3 Å². The van der Waals surface area contributed by atoms with E-state index >= 15 is 0 Å². The van der Waals surface area contributed by atoms with Crippen LogP contribution in [0, 0.1) is 0 Å². The normalized spacial score (nSPS) is 10.8. The van der Waals surface area contributed by atoms with Crippen molar-refractivity contribution in [3.63, 3.8) is 0 Å². The molecule has 3 nitrogen and oxygen atoms in total. The van der Waals surface area contributed by atoms with E-state index in [4.69, 9.17) is 5.73 Å². The second-order valence-corrected chi connectivity index (χ2v) is 3.74. The maximum absolute atomic E-state index is 9.57. The zero-order chi connectivity index (χ0) is 9.26. The Balaban J connectivity index is 2.56. The molecule has 0 unspecified atom stereocenters. The van der Waals surface area contributed by atoms with E-state index in [-0.39, 0.29) is 5.75 Å². The summed E-state index contributed by atoms with van der Waals surface area (Å²) < 4.78 is 1.02. The Kier molecular flexibility index (Phi) is 2.16. The van der Waals surface area contributed by atoms with Crippen molar-refractivity contribution in [2.75, 3.05) is 6.54 Å². The van der Waals surface area contributed by atoms with Crippen LogP contribution in [0.4, 0.5) is 0 Å². The van der Waals surface area contributed by atoms with E-state index in [1.165, 1.54) is 11.3 Å². The van der Waals surface area contributed by atoms with Crippen LogP contribution < -0.4 is 5.73 Å². The fourth-order valence-corrected chi connectivity index (χ4v) is 2.08. The number of phenols is 1. The van der Waals surface area contributed by atoms with Crippen molar-refractivity contribution in [1.29, 1.82) is 0 Å². The van der Waals surface area contributed by atoms with Crippen LogP contribution in [-0.4, -0.2) is 16.6 Å². The quantitative estimate of drug-likeness (QED) is 0.761. The van der Waals surface area contributed by atoms with E-state index in [1.54, 1.807) is 11.6 Å². The molecule has 0 fully saturated rings. The van der Waals surface area contributed by atoms with Crippen LogP contribution in [0.25, 0.3) is 10.2 Å². The van der Waals surface area contributed by atoms with Gasteiger partial charge in [-0.15, -0.1) is 11.3 Å². The highest BCUT2D eigenvalue weighted by atomic mass is 32.1. The Morgan fingerprint density at radius 2 is 2.31 bits per heavy atom. The Morgan fingerprint density at radius 3 is 3.08 bits per heavy atom. The molecule has 0 aliphatic carbocycles. The van der Waals surface area contributed by atoms with Gasteiger partial charge in [-0.3, -0.25) is 0 Å². The summed E-state index contributed by atoms with van der Waals surface area (Å²) in [6, 6.07) is 3.76. The van der Waals surface area contributed by atoms with Crippen LogP contribution in [0.1, 0.15) is 5.56 Å². The summed E-state index contributed by atoms with van der Waals surface area (Å²) in [6.07, 6.45) is 0.793. The molecule has 0 saturated carbocycles. The Hall–Kier alpha value is -1.13. The maximum Gasteiger partial charge on any atom is 0.142 e. The largest absolute Gasteiger partial charge is 0.506 e. The molecule has 4 heteroatoms. The standard InChI is InChI=1S/C9H10N2OS/c10-2-1-6-3-7(12)9-8(4-6)13-5-11-9/h3-5,12H,1-2,10H2. The fraction of sp³-hybridized carbons (Fsp3) is 0.222. The monoisotopic (exact) mass is 194 g/mol. The SMILES string of the molecule is NCCc1cc(O)c2ncsc2c1. The van der Waals surface area contributed by atoms with E-state index < -0.39 is 0 Å². The lowest BCUT2D eigenvalue weighted by atomic mass is 10.1. The third-order valence-electron chi connectivity index (χ3n) is 1.91. The van der Waals surface area contributed by atoms with E-state index in [0.717, 1.165) is 16.7 Å². The predicted molar refractivity (Wildman–Crippen MR) is 54.0 cm³/mol. The maximum atomic E-state index is 9.57. The molecule has 0 aliphatic heterocycles. The van der Waals surface area contributed by atoms with Gasteiger partial charge in [0.25, 0.3) is 0 Å². The number of nitrogens with two attached hydrogens (primary N) is 1. The molecule has 1 heterocycles. The van der Waals surface area contributed by atoms with Gasteiger partial charge in [-0.2, -0.15) is 0 Å². The predicted octanol–water partition coefficient (Wildman–Crippen LogP) is 1.50. The lowest BCUT2D eigenvalue weighted by Crippen LogP contribution is -2.02. The third kappa shape index (κ3) is 1.50. The Labute approximate surface area is 79.8 Å². The fourth-order valence-electron chi connectivity index (χ4n) is 1.32. The van der Waals surface area contributed by atoms with Gasteiger partial charge in [-0.05, 0) is 30.7 Å². The zero-order valence-electron chi connectivity index (χ0n) is 7.03. The van der Waals surface area contributed by atoms with Gasteiger partial charge in [0, 0.05) is 0 Å². The van der Waals surface area contributed by atoms with Gasteiger partial charge in [0.2, 0.25) is 0 Å². The van der Waals surface area contributed by atoms with Gasteiger partial charge in [0.15, 0.2) is 0 Å². The first-order valence-electron chi connectivity index (χ1n) is 4.06. The Bertz CT molecular complexity index is 424. The molecule has 13 heavy (non-hydrogen) atoms. The molecule has 0 spiro atoms. The second-order valence-electron chi connectivity index (χ2n) is 2.85. The van der Waals surface area contributed by atoms with Crippen LogP contribution in [0.15, 0.2) is 17.6 Å². The minimum absolute atomic E-state index is 0.252. The molecule has 0 bridgehead atoms. The van der Waals surface area contributed by atoms with E-state index in [1.807, 2.05) is 6.07 Å². The number of hydrogen-bond donors (Lipinski definition) is 2. The smallest absolute Gasteiger partial charge is 0.142 e. The minimum Gasteiger partial charge on any atom is -0.506 e. The summed E-state index contributed by atoms with van der Waals surface area (Å²) in [5.74, 6) is 0.252. The molecule has 0 amide bonds. The molecule has 0 atom stereocenters. The number of fused-ring (bicyclic) bond motifs is 1. The minimum atomic E-state index is 0.252. The van der Waals surface area contributed by atoms with Crippen molar-refractivity contribution < 1.29 is 5.11 Å². The Morgan fingerprint density at radius 1 is 1.46 bits per heavy atom. The number of hydrogen-bond acceptors (Lipinski definition) is 4. The summed E-state index contributed by atoms with van der Waals surface area (Å²) in [6.45, 7) is 0.601. The van der Waals surface area contributed by atoms with Crippen LogP contribution in [0.3, 0.4) is 0 Å². The van der Waals surface area contributed by atoms with Crippen molar-refractivity contribution in [1.82, 2.24) is 4.98 Å². The zero-order valence-corrected chi connectivity index (χ0v) is 7.84. The molecule has 2 aromatic rings. The van der Waals surface area contributed by atoms with Crippen LogP contribution in [-0.2, 0) is 6.42 Å². The molecular formula is C9H10N2OS. The first-order chi connectivity index (χ1) is 6.31. The molecule has 0 radical (unpaired) electrons. The van der Waals surface area contributed by atoms with Gasteiger partial charge < -0.3 is 10.8 Å². The van der Waals surface area contributed by atoms with Crippen molar-refractivity contribution in [2.24, 2.45) is 5.73 Å². The first kappa shape index (κ1) is 8.47. The highest BCUT2D eigenvalue weighted by Gasteiger charge is 2.04. The van der Waals surface area contributed by atoms with Crippen molar-refractivity contribution in [3.05, 3.63) is 23.2 Å². The van der Waals surface area contributed by atoms with E-state index in [0.29, 0.717) is 12.1 Å². The van der Waals surface area contributed by atoms with Crippen LogP contribution in [0.5, 0.6) is 5.75 Å². The van der Waals surface area contributed by atoms with Gasteiger partial charge in [-0.1, -0.05) is 0 Å². The molecule has 0 saturated heterocycles. The second kappa shape index (κ2) is 3.32. The molecule has 3 N–H and O–H groups in total. The van der Waals surface area contributed by atoms with Crippen molar-refractivity contribution >= 4 is 21.6 Å². The topological polar surface area (TPSA) is 59.1 Å². The summed E-state index contributed by atoms with van der Waals surface area (Å²) >= 11 is 1.53. The molecular weight excluding hydrogens is 184 g/mol. The summed E-state index contributed by atoms with van der Waals surface area (Å²) in [5.41, 5.74) is 8.92. The van der Waals surface area contributed by atoms with E-state index in [9.17, 15) is 5.11 Å². The number of rotatable bonds is 2. The van der Waals surface area contributed by atoms with Gasteiger partial charge in [-0.25, -0.2) is 4.98 Å². The van der Waals surface area contributed by atoms with Crippen LogP contribution >= 0.6 is 11.3 Å². The lowest BCUT2D eigenvalue weighted by Gasteiger charge is -2.00. The number of phenolic OH excluding ortho intramolecular Hbond substituents is 1. The summed E-state index contributed by atoms with van der Waals surface area (Å²) in [5, 5.41) is 9.57. The molecule has 0 aliphatic rings. The number of thiazole rings is 1. The average Bonchev–Trinajstić information content (AvgIpc) is 2.53. The molecule has 68 valence electrons. The molecule has 2 rings (SSSR count). The number of nitrogens with zero attached hydrogens (tertiary/aromatic N) is 1. The van der Waals surface area contributed by atoms with Gasteiger partial charge >= 0.3 is 0 Å². The number of aromatic nitrogens is 1.